The van der Waals surface area contributed by atoms with Gasteiger partial charge in [-0.05, 0) is 26.7 Å². The molecule has 0 saturated heterocycles. The Balaban J connectivity index is 5.06. The molecule has 0 unspecified atom stereocenters. The summed E-state index contributed by atoms with van der Waals surface area (Å²) in [5.41, 5.74) is -1.74. The first kappa shape index (κ1) is 13.4. The standard InChI is InChI=1S/C11H16O4/c1-3-5-7-11(9(12)13,10(14)15)8-6-4-2/h3-6H,7-8H2,1-2H3,(H,12,13)(H,14,15)/b5-3+,6-4+. The maximum Gasteiger partial charge on any atom is 0.321 e. The number of hydrogen-bond acceptors (Lipinski definition) is 2. The normalized spacial score (nSPS) is 12.4. The van der Waals surface area contributed by atoms with E-state index in [1.165, 1.54) is 0 Å². The first-order chi connectivity index (χ1) is 7.01. The minimum absolute atomic E-state index is 0.00148. The van der Waals surface area contributed by atoms with Gasteiger partial charge in [0.15, 0.2) is 5.41 Å². The van der Waals surface area contributed by atoms with Crippen LogP contribution in [0.4, 0.5) is 0 Å². The van der Waals surface area contributed by atoms with E-state index >= 15 is 0 Å². The summed E-state index contributed by atoms with van der Waals surface area (Å²) >= 11 is 0. The number of allylic oxidation sites excluding steroid dienone is 4. The zero-order valence-corrected chi connectivity index (χ0v) is 8.93. The van der Waals surface area contributed by atoms with E-state index in [4.69, 9.17) is 10.2 Å². The minimum atomic E-state index is -1.74. The largest absolute Gasteiger partial charge is 0.480 e. The Kier molecular flexibility index (Phi) is 5.37. The van der Waals surface area contributed by atoms with Gasteiger partial charge >= 0.3 is 11.9 Å². The van der Waals surface area contributed by atoms with Crippen LogP contribution in [-0.2, 0) is 9.59 Å². The third-order valence-corrected chi connectivity index (χ3v) is 2.22. The van der Waals surface area contributed by atoms with Crippen LogP contribution in [0.25, 0.3) is 0 Å². The summed E-state index contributed by atoms with van der Waals surface area (Å²) in [5, 5.41) is 18.0. The Morgan fingerprint density at radius 1 is 1.00 bits per heavy atom. The zero-order valence-electron chi connectivity index (χ0n) is 8.93. The Morgan fingerprint density at radius 3 is 1.53 bits per heavy atom. The molecule has 2 N–H and O–H groups in total. The van der Waals surface area contributed by atoms with E-state index in [0.717, 1.165) is 0 Å². The number of carbonyl (C=O) groups is 2. The van der Waals surface area contributed by atoms with Gasteiger partial charge in [-0.1, -0.05) is 24.3 Å². The molecular weight excluding hydrogens is 196 g/mol. The maximum atomic E-state index is 11.0. The van der Waals surface area contributed by atoms with Crippen LogP contribution in [0.5, 0.6) is 0 Å². The van der Waals surface area contributed by atoms with E-state index in [9.17, 15) is 9.59 Å². The van der Waals surface area contributed by atoms with Crippen LogP contribution in [0, 0.1) is 5.41 Å². The van der Waals surface area contributed by atoms with Gasteiger partial charge in [0, 0.05) is 0 Å². The lowest BCUT2D eigenvalue weighted by molar-refractivity contribution is -0.164. The Morgan fingerprint density at radius 2 is 1.33 bits per heavy atom. The van der Waals surface area contributed by atoms with Crippen molar-refractivity contribution in [2.24, 2.45) is 5.41 Å². The van der Waals surface area contributed by atoms with Gasteiger partial charge in [0.1, 0.15) is 0 Å². The molecule has 0 rings (SSSR count). The summed E-state index contributed by atoms with van der Waals surface area (Å²) in [5.74, 6) is -2.60. The van der Waals surface area contributed by atoms with Gasteiger partial charge in [0.25, 0.3) is 0 Å². The molecule has 0 bridgehead atoms. The predicted molar refractivity (Wildman–Crippen MR) is 56.6 cm³/mol. The second kappa shape index (κ2) is 6.01. The van der Waals surface area contributed by atoms with Crippen LogP contribution in [-0.4, -0.2) is 22.2 Å². The molecule has 0 aromatic rings. The first-order valence-corrected chi connectivity index (χ1v) is 4.70. The summed E-state index contributed by atoms with van der Waals surface area (Å²) in [6, 6.07) is 0. The first-order valence-electron chi connectivity index (χ1n) is 4.70. The Bertz CT molecular complexity index is 259. The Labute approximate surface area is 88.9 Å². The van der Waals surface area contributed by atoms with Crippen molar-refractivity contribution in [1.82, 2.24) is 0 Å². The third kappa shape index (κ3) is 3.23. The highest BCUT2D eigenvalue weighted by molar-refractivity contribution is 5.98. The van der Waals surface area contributed by atoms with Crippen LogP contribution < -0.4 is 0 Å². The molecule has 84 valence electrons. The fourth-order valence-corrected chi connectivity index (χ4v) is 1.16. The van der Waals surface area contributed by atoms with Gasteiger partial charge in [0.2, 0.25) is 0 Å². The van der Waals surface area contributed by atoms with Gasteiger partial charge in [-0.2, -0.15) is 0 Å². The van der Waals surface area contributed by atoms with E-state index in [-0.39, 0.29) is 12.8 Å². The molecule has 4 heteroatoms. The average molecular weight is 212 g/mol. The number of rotatable bonds is 6. The number of carboxylic acids is 2. The predicted octanol–water partition coefficient (Wildman–Crippen LogP) is 2.07. The second-order valence-corrected chi connectivity index (χ2v) is 3.24. The van der Waals surface area contributed by atoms with Crippen LogP contribution in [0.1, 0.15) is 26.7 Å². The fraction of sp³-hybridized carbons (Fsp3) is 0.455. The summed E-state index contributed by atoms with van der Waals surface area (Å²) in [7, 11) is 0. The molecule has 15 heavy (non-hydrogen) atoms. The topological polar surface area (TPSA) is 74.6 Å². The van der Waals surface area contributed by atoms with Gasteiger partial charge < -0.3 is 10.2 Å². The van der Waals surface area contributed by atoms with Crippen molar-refractivity contribution in [3.63, 3.8) is 0 Å². The fourth-order valence-electron chi connectivity index (χ4n) is 1.16. The van der Waals surface area contributed by atoms with E-state index in [1.807, 2.05) is 0 Å². The molecular formula is C11H16O4. The van der Waals surface area contributed by atoms with Crippen LogP contribution in [0.3, 0.4) is 0 Å². The molecule has 0 aliphatic heterocycles. The monoisotopic (exact) mass is 212 g/mol. The van der Waals surface area contributed by atoms with Crippen LogP contribution >= 0.6 is 0 Å². The number of hydrogen-bond donors (Lipinski definition) is 2. The van der Waals surface area contributed by atoms with Crippen LogP contribution in [0.15, 0.2) is 24.3 Å². The lowest BCUT2D eigenvalue weighted by atomic mass is 9.81. The summed E-state index contributed by atoms with van der Waals surface area (Å²) in [4.78, 5) is 22.1. The van der Waals surface area contributed by atoms with E-state index in [0.29, 0.717) is 0 Å². The highest BCUT2D eigenvalue weighted by Crippen LogP contribution is 2.29. The molecule has 0 saturated carbocycles. The number of carboxylic acid groups (broad SMARTS) is 2. The molecule has 0 heterocycles. The second-order valence-electron chi connectivity index (χ2n) is 3.24. The van der Waals surface area contributed by atoms with Crippen molar-refractivity contribution < 1.29 is 19.8 Å². The minimum Gasteiger partial charge on any atom is -0.480 e. The van der Waals surface area contributed by atoms with E-state index in [2.05, 4.69) is 0 Å². The lowest BCUT2D eigenvalue weighted by Gasteiger charge is -2.21. The van der Waals surface area contributed by atoms with Crippen LogP contribution in [0.2, 0.25) is 0 Å². The summed E-state index contributed by atoms with van der Waals surface area (Å²) in [6.07, 6.45) is 6.42. The Hall–Kier alpha value is -1.58. The summed E-state index contributed by atoms with van der Waals surface area (Å²) in [6.45, 7) is 3.45. The SMILES string of the molecule is C/C=C/CC(C/C=C/C)(C(=O)O)C(=O)O. The molecule has 0 fully saturated rings. The molecule has 0 radical (unpaired) electrons. The molecule has 0 spiro atoms. The van der Waals surface area contributed by atoms with Crippen molar-refractivity contribution >= 4 is 11.9 Å². The number of aliphatic carboxylic acids is 2. The van der Waals surface area contributed by atoms with Crippen molar-refractivity contribution in [2.45, 2.75) is 26.7 Å². The smallest absolute Gasteiger partial charge is 0.321 e. The molecule has 0 aliphatic carbocycles. The van der Waals surface area contributed by atoms with E-state index < -0.39 is 17.4 Å². The molecule has 0 aromatic heterocycles. The van der Waals surface area contributed by atoms with Crippen molar-refractivity contribution in [1.29, 1.82) is 0 Å². The average Bonchev–Trinajstić information content (AvgIpc) is 2.17. The highest BCUT2D eigenvalue weighted by atomic mass is 16.4. The molecule has 4 nitrogen and oxygen atoms in total. The quantitative estimate of drug-likeness (QED) is 0.522. The van der Waals surface area contributed by atoms with Gasteiger partial charge in [0.05, 0.1) is 0 Å². The van der Waals surface area contributed by atoms with Gasteiger partial charge in [-0.15, -0.1) is 0 Å². The lowest BCUT2D eigenvalue weighted by Crippen LogP contribution is -2.38. The molecule has 0 amide bonds. The molecule has 0 aliphatic rings. The van der Waals surface area contributed by atoms with Crippen molar-refractivity contribution in [3.8, 4) is 0 Å². The van der Waals surface area contributed by atoms with Gasteiger partial charge in [-0.3, -0.25) is 9.59 Å². The summed E-state index contributed by atoms with van der Waals surface area (Å²) < 4.78 is 0. The van der Waals surface area contributed by atoms with Crippen molar-refractivity contribution in [2.75, 3.05) is 0 Å². The third-order valence-electron chi connectivity index (χ3n) is 2.22. The van der Waals surface area contributed by atoms with Gasteiger partial charge in [-0.25, -0.2) is 0 Å². The molecule has 0 atom stereocenters. The molecule has 0 aromatic carbocycles. The van der Waals surface area contributed by atoms with Crippen molar-refractivity contribution in [3.05, 3.63) is 24.3 Å². The highest BCUT2D eigenvalue weighted by Gasteiger charge is 2.44. The maximum absolute atomic E-state index is 11.0. The van der Waals surface area contributed by atoms with E-state index in [1.54, 1.807) is 38.2 Å². The zero-order chi connectivity index (χ0) is 11.9.